The van der Waals surface area contributed by atoms with Gasteiger partial charge in [0.1, 0.15) is 0 Å². The van der Waals surface area contributed by atoms with E-state index in [9.17, 15) is 13.6 Å². The van der Waals surface area contributed by atoms with Crippen LogP contribution in [0.25, 0.3) is 11.1 Å². The second kappa shape index (κ2) is 5.04. The molecule has 2 aromatic rings. The van der Waals surface area contributed by atoms with E-state index in [-0.39, 0.29) is 16.1 Å². The molecule has 0 heterocycles. The maximum atomic E-state index is 13.2. The molecule has 0 aliphatic carbocycles. The molecule has 1 nitrogen and oxygen atoms in total. The van der Waals surface area contributed by atoms with Crippen LogP contribution in [0.4, 0.5) is 8.78 Å². The third-order valence-electron chi connectivity index (χ3n) is 2.45. The van der Waals surface area contributed by atoms with Crippen molar-refractivity contribution in [2.24, 2.45) is 0 Å². The summed E-state index contributed by atoms with van der Waals surface area (Å²) in [5.41, 5.74) is 0.806. The summed E-state index contributed by atoms with van der Waals surface area (Å²) < 4.78 is 26.2. The van der Waals surface area contributed by atoms with Crippen LogP contribution in [0.3, 0.4) is 0 Å². The van der Waals surface area contributed by atoms with Crippen molar-refractivity contribution in [3.8, 4) is 11.1 Å². The van der Waals surface area contributed by atoms with Gasteiger partial charge in [0.05, 0.1) is 10.0 Å². The Bertz CT molecular complexity index is 627. The standard InChI is InChI=1S/C13H6Cl2F2O/c14-10-2-1-7(3-11(10)15)9-5-13(17)12(16)4-8(9)6-18/h1-6H. The molecule has 0 saturated heterocycles. The Morgan fingerprint density at radius 2 is 1.61 bits per heavy atom. The lowest BCUT2D eigenvalue weighted by atomic mass is 10.00. The highest BCUT2D eigenvalue weighted by Gasteiger charge is 2.12. The van der Waals surface area contributed by atoms with Crippen molar-refractivity contribution in [3.05, 3.63) is 57.6 Å². The highest BCUT2D eigenvalue weighted by molar-refractivity contribution is 6.42. The highest BCUT2D eigenvalue weighted by atomic mass is 35.5. The van der Waals surface area contributed by atoms with Gasteiger partial charge in [-0.25, -0.2) is 8.78 Å². The quantitative estimate of drug-likeness (QED) is 0.728. The van der Waals surface area contributed by atoms with Crippen LogP contribution in [0.2, 0.25) is 10.0 Å². The first kappa shape index (κ1) is 13.0. The molecule has 0 aromatic heterocycles. The normalized spacial score (nSPS) is 10.4. The van der Waals surface area contributed by atoms with Crippen LogP contribution >= 0.6 is 23.2 Å². The van der Waals surface area contributed by atoms with Gasteiger partial charge in [-0.2, -0.15) is 0 Å². The third kappa shape index (κ3) is 2.37. The molecule has 0 atom stereocenters. The largest absolute Gasteiger partial charge is 0.298 e. The molecule has 0 spiro atoms. The fraction of sp³-hybridized carbons (Fsp3) is 0. The van der Waals surface area contributed by atoms with Crippen LogP contribution in [-0.4, -0.2) is 6.29 Å². The molecular formula is C13H6Cl2F2O. The molecule has 2 rings (SSSR count). The van der Waals surface area contributed by atoms with Crippen molar-refractivity contribution in [1.29, 1.82) is 0 Å². The molecule has 0 amide bonds. The van der Waals surface area contributed by atoms with E-state index >= 15 is 0 Å². The molecule has 5 heteroatoms. The number of rotatable bonds is 2. The molecule has 0 N–H and O–H groups in total. The zero-order valence-electron chi connectivity index (χ0n) is 8.88. The second-order valence-electron chi connectivity index (χ2n) is 3.60. The fourth-order valence-corrected chi connectivity index (χ4v) is 1.87. The van der Waals surface area contributed by atoms with Gasteiger partial charge in [0, 0.05) is 5.56 Å². The molecule has 2 aromatic carbocycles. The Labute approximate surface area is 112 Å². The van der Waals surface area contributed by atoms with E-state index in [1.54, 1.807) is 6.07 Å². The Hall–Kier alpha value is -1.45. The van der Waals surface area contributed by atoms with Crippen LogP contribution in [-0.2, 0) is 0 Å². The number of hydrogen-bond donors (Lipinski definition) is 0. The summed E-state index contributed by atoms with van der Waals surface area (Å²) in [5, 5.41) is 0.617. The van der Waals surface area contributed by atoms with E-state index in [0.717, 1.165) is 12.1 Å². The van der Waals surface area contributed by atoms with Crippen molar-refractivity contribution in [1.82, 2.24) is 0 Å². The van der Waals surface area contributed by atoms with Crippen LogP contribution < -0.4 is 0 Å². The molecule has 0 fully saturated rings. The van der Waals surface area contributed by atoms with Crippen molar-refractivity contribution >= 4 is 29.5 Å². The van der Waals surface area contributed by atoms with E-state index in [4.69, 9.17) is 23.2 Å². The lowest BCUT2D eigenvalue weighted by Gasteiger charge is -2.07. The summed E-state index contributed by atoms with van der Waals surface area (Å²) in [6.45, 7) is 0. The number of hydrogen-bond acceptors (Lipinski definition) is 1. The molecule has 0 bridgehead atoms. The molecule has 0 radical (unpaired) electrons. The Kier molecular flexibility index (Phi) is 3.64. The van der Waals surface area contributed by atoms with Crippen molar-refractivity contribution < 1.29 is 13.6 Å². The minimum atomic E-state index is -1.07. The van der Waals surface area contributed by atoms with Crippen molar-refractivity contribution in [2.75, 3.05) is 0 Å². The topological polar surface area (TPSA) is 17.1 Å². The van der Waals surface area contributed by atoms with E-state index in [1.165, 1.54) is 12.1 Å². The minimum Gasteiger partial charge on any atom is -0.298 e. The predicted molar refractivity (Wildman–Crippen MR) is 67.2 cm³/mol. The maximum absolute atomic E-state index is 13.2. The van der Waals surface area contributed by atoms with Crippen LogP contribution in [0.1, 0.15) is 10.4 Å². The fourth-order valence-electron chi connectivity index (χ4n) is 1.57. The van der Waals surface area contributed by atoms with Gasteiger partial charge in [0.15, 0.2) is 17.9 Å². The molecule has 0 saturated carbocycles. The van der Waals surface area contributed by atoms with Gasteiger partial charge in [0.2, 0.25) is 0 Å². The minimum absolute atomic E-state index is 0.0484. The van der Waals surface area contributed by atoms with E-state index in [0.29, 0.717) is 16.9 Å². The van der Waals surface area contributed by atoms with Gasteiger partial charge in [-0.05, 0) is 35.4 Å². The molecule has 0 unspecified atom stereocenters. The summed E-state index contributed by atoms with van der Waals surface area (Å²) in [6.07, 6.45) is 0.459. The first-order valence-corrected chi connectivity index (χ1v) is 5.68. The molecule has 0 aliphatic rings. The average Bonchev–Trinajstić information content (AvgIpc) is 2.35. The summed E-state index contributed by atoms with van der Waals surface area (Å²) in [4.78, 5) is 10.9. The van der Waals surface area contributed by atoms with Gasteiger partial charge in [-0.1, -0.05) is 29.3 Å². The zero-order valence-corrected chi connectivity index (χ0v) is 10.4. The first-order chi connectivity index (χ1) is 8.52. The summed E-state index contributed by atoms with van der Waals surface area (Å²) in [5.74, 6) is -2.09. The van der Waals surface area contributed by atoms with Gasteiger partial charge < -0.3 is 0 Å². The van der Waals surface area contributed by atoms with Crippen LogP contribution in [0.15, 0.2) is 30.3 Å². The lowest BCUT2D eigenvalue weighted by molar-refractivity contribution is 0.112. The highest BCUT2D eigenvalue weighted by Crippen LogP contribution is 2.31. The zero-order chi connectivity index (χ0) is 13.3. The van der Waals surface area contributed by atoms with Crippen molar-refractivity contribution in [2.45, 2.75) is 0 Å². The summed E-state index contributed by atoms with van der Waals surface area (Å²) in [7, 11) is 0. The summed E-state index contributed by atoms with van der Waals surface area (Å²) in [6, 6.07) is 6.39. The van der Waals surface area contributed by atoms with E-state index < -0.39 is 11.6 Å². The third-order valence-corrected chi connectivity index (χ3v) is 3.19. The maximum Gasteiger partial charge on any atom is 0.159 e. The van der Waals surface area contributed by atoms with E-state index in [1.807, 2.05) is 0 Å². The second-order valence-corrected chi connectivity index (χ2v) is 4.41. The number of halogens is 4. The predicted octanol–water partition coefficient (Wildman–Crippen LogP) is 4.75. The Balaban J connectivity index is 2.65. The molecule has 92 valence electrons. The molecule has 18 heavy (non-hydrogen) atoms. The number of carbonyl (C=O) groups is 1. The smallest absolute Gasteiger partial charge is 0.159 e. The first-order valence-electron chi connectivity index (χ1n) is 4.92. The summed E-state index contributed by atoms with van der Waals surface area (Å²) >= 11 is 11.6. The van der Waals surface area contributed by atoms with E-state index in [2.05, 4.69) is 0 Å². The van der Waals surface area contributed by atoms with Crippen LogP contribution in [0, 0.1) is 11.6 Å². The van der Waals surface area contributed by atoms with Gasteiger partial charge >= 0.3 is 0 Å². The van der Waals surface area contributed by atoms with Crippen molar-refractivity contribution in [3.63, 3.8) is 0 Å². The number of aldehydes is 1. The van der Waals surface area contributed by atoms with Gasteiger partial charge in [0.25, 0.3) is 0 Å². The van der Waals surface area contributed by atoms with Gasteiger partial charge in [-0.15, -0.1) is 0 Å². The molecule has 0 aliphatic heterocycles. The number of carbonyl (C=O) groups excluding carboxylic acids is 1. The average molecular weight is 287 g/mol. The Morgan fingerprint density at radius 3 is 2.22 bits per heavy atom. The monoisotopic (exact) mass is 286 g/mol. The number of benzene rings is 2. The van der Waals surface area contributed by atoms with Gasteiger partial charge in [-0.3, -0.25) is 4.79 Å². The Morgan fingerprint density at radius 1 is 0.944 bits per heavy atom. The molecular weight excluding hydrogens is 281 g/mol. The lowest BCUT2D eigenvalue weighted by Crippen LogP contribution is -1.93. The van der Waals surface area contributed by atoms with Crippen LogP contribution in [0.5, 0.6) is 0 Å². The SMILES string of the molecule is O=Cc1cc(F)c(F)cc1-c1ccc(Cl)c(Cl)c1.